The third kappa shape index (κ3) is 2.90. The van der Waals surface area contributed by atoms with Crippen molar-refractivity contribution >= 4 is 10.9 Å². The topological polar surface area (TPSA) is 70.1 Å². The standard InChI is InChI=1S/C19H21N3O2/c1-13-6-3-4-7-15(13)18-21-17-9-8-14(24-2)12-16(17)19(23)22(18)11-5-10-20/h3-4,6-9,12H,5,10-11,20H2,1-2H3. The van der Waals surface area contributed by atoms with Gasteiger partial charge in [-0.1, -0.05) is 24.3 Å². The largest absolute Gasteiger partial charge is 0.497 e. The van der Waals surface area contributed by atoms with Gasteiger partial charge in [-0.05, 0) is 43.7 Å². The zero-order valence-electron chi connectivity index (χ0n) is 14.0. The molecule has 24 heavy (non-hydrogen) atoms. The molecule has 3 rings (SSSR count). The highest BCUT2D eigenvalue weighted by atomic mass is 16.5. The van der Waals surface area contributed by atoms with Gasteiger partial charge in [0.05, 0.1) is 18.0 Å². The summed E-state index contributed by atoms with van der Waals surface area (Å²) in [5.74, 6) is 1.33. The van der Waals surface area contributed by atoms with Gasteiger partial charge in [-0.2, -0.15) is 0 Å². The molecule has 1 heterocycles. The van der Waals surface area contributed by atoms with Gasteiger partial charge < -0.3 is 10.5 Å². The van der Waals surface area contributed by atoms with Gasteiger partial charge in [0.15, 0.2) is 0 Å². The summed E-state index contributed by atoms with van der Waals surface area (Å²) in [5, 5.41) is 0.559. The lowest BCUT2D eigenvalue weighted by atomic mass is 10.1. The van der Waals surface area contributed by atoms with Gasteiger partial charge in [-0.25, -0.2) is 4.98 Å². The molecular formula is C19H21N3O2. The van der Waals surface area contributed by atoms with Crippen molar-refractivity contribution in [3.63, 3.8) is 0 Å². The SMILES string of the molecule is COc1ccc2nc(-c3ccccc3C)n(CCCN)c(=O)c2c1. The Morgan fingerprint density at radius 2 is 2.00 bits per heavy atom. The van der Waals surface area contributed by atoms with Crippen LogP contribution >= 0.6 is 0 Å². The molecule has 0 bridgehead atoms. The molecule has 124 valence electrons. The van der Waals surface area contributed by atoms with E-state index in [2.05, 4.69) is 0 Å². The second-order valence-corrected chi connectivity index (χ2v) is 5.73. The summed E-state index contributed by atoms with van der Waals surface area (Å²) < 4.78 is 6.96. The first-order valence-electron chi connectivity index (χ1n) is 8.00. The average molecular weight is 323 g/mol. The number of benzene rings is 2. The van der Waals surface area contributed by atoms with E-state index in [1.165, 1.54) is 0 Å². The monoisotopic (exact) mass is 323 g/mol. The number of hydrogen-bond donors (Lipinski definition) is 1. The van der Waals surface area contributed by atoms with Gasteiger partial charge in [-0.3, -0.25) is 9.36 Å². The van der Waals surface area contributed by atoms with Gasteiger partial charge in [-0.15, -0.1) is 0 Å². The Morgan fingerprint density at radius 1 is 1.21 bits per heavy atom. The smallest absolute Gasteiger partial charge is 0.261 e. The fraction of sp³-hybridized carbons (Fsp3) is 0.263. The summed E-state index contributed by atoms with van der Waals surface area (Å²) in [6, 6.07) is 13.3. The quantitative estimate of drug-likeness (QED) is 0.784. The molecule has 2 N–H and O–H groups in total. The molecular weight excluding hydrogens is 302 g/mol. The molecule has 0 aliphatic carbocycles. The lowest BCUT2D eigenvalue weighted by molar-refractivity contribution is 0.415. The molecule has 5 heteroatoms. The van der Waals surface area contributed by atoms with Crippen LogP contribution in [0.15, 0.2) is 47.3 Å². The van der Waals surface area contributed by atoms with Gasteiger partial charge in [0.1, 0.15) is 11.6 Å². The molecule has 2 aromatic carbocycles. The van der Waals surface area contributed by atoms with E-state index < -0.39 is 0 Å². The van der Waals surface area contributed by atoms with Gasteiger partial charge >= 0.3 is 0 Å². The Balaban J connectivity index is 2.31. The van der Waals surface area contributed by atoms with Crippen LogP contribution in [-0.2, 0) is 6.54 Å². The molecule has 0 aliphatic rings. The summed E-state index contributed by atoms with van der Waals surface area (Å²) in [4.78, 5) is 17.8. The predicted molar refractivity (Wildman–Crippen MR) is 96.4 cm³/mol. The van der Waals surface area contributed by atoms with Crippen molar-refractivity contribution in [3.05, 3.63) is 58.4 Å². The molecule has 3 aromatic rings. The molecule has 0 saturated carbocycles. The fourth-order valence-electron chi connectivity index (χ4n) is 2.81. The molecule has 0 atom stereocenters. The molecule has 0 amide bonds. The van der Waals surface area contributed by atoms with E-state index in [1.807, 2.05) is 43.3 Å². The highest BCUT2D eigenvalue weighted by molar-refractivity contribution is 5.81. The molecule has 1 aromatic heterocycles. The Labute approximate surface area is 140 Å². The average Bonchev–Trinajstić information content (AvgIpc) is 2.61. The van der Waals surface area contributed by atoms with Crippen LogP contribution in [0.3, 0.4) is 0 Å². The van der Waals surface area contributed by atoms with E-state index in [4.69, 9.17) is 15.5 Å². The number of ether oxygens (including phenoxy) is 1. The minimum absolute atomic E-state index is 0.0643. The summed E-state index contributed by atoms with van der Waals surface area (Å²) in [6.45, 7) is 3.09. The van der Waals surface area contributed by atoms with E-state index in [9.17, 15) is 4.79 Å². The first-order chi connectivity index (χ1) is 11.7. The van der Waals surface area contributed by atoms with E-state index in [0.29, 0.717) is 35.6 Å². The number of nitrogens with zero attached hydrogens (tertiary/aromatic N) is 2. The highest BCUT2D eigenvalue weighted by Crippen LogP contribution is 2.24. The number of aromatic nitrogens is 2. The van der Waals surface area contributed by atoms with Crippen molar-refractivity contribution in [2.24, 2.45) is 5.73 Å². The lowest BCUT2D eigenvalue weighted by Crippen LogP contribution is -2.25. The molecule has 0 unspecified atom stereocenters. The molecule has 5 nitrogen and oxygen atoms in total. The van der Waals surface area contributed by atoms with Crippen molar-refractivity contribution in [1.82, 2.24) is 9.55 Å². The highest BCUT2D eigenvalue weighted by Gasteiger charge is 2.14. The van der Waals surface area contributed by atoms with Crippen LogP contribution in [0.4, 0.5) is 0 Å². The first-order valence-corrected chi connectivity index (χ1v) is 8.00. The van der Waals surface area contributed by atoms with E-state index in [0.717, 1.165) is 17.5 Å². The number of fused-ring (bicyclic) bond motifs is 1. The van der Waals surface area contributed by atoms with Gasteiger partial charge in [0.2, 0.25) is 0 Å². The van der Waals surface area contributed by atoms with Crippen molar-refractivity contribution in [1.29, 1.82) is 0 Å². The maximum atomic E-state index is 13.0. The minimum Gasteiger partial charge on any atom is -0.497 e. The van der Waals surface area contributed by atoms with Gasteiger partial charge in [0.25, 0.3) is 5.56 Å². The number of hydrogen-bond acceptors (Lipinski definition) is 4. The zero-order valence-corrected chi connectivity index (χ0v) is 14.0. The van der Waals surface area contributed by atoms with Crippen LogP contribution in [-0.4, -0.2) is 23.2 Å². The second-order valence-electron chi connectivity index (χ2n) is 5.73. The number of methoxy groups -OCH3 is 1. The van der Waals surface area contributed by atoms with Gasteiger partial charge in [0, 0.05) is 12.1 Å². The summed E-state index contributed by atoms with van der Waals surface area (Å²) in [5.41, 5.74) is 8.30. The maximum Gasteiger partial charge on any atom is 0.261 e. The minimum atomic E-state index is -0.0643. The Hall–Kier alpha value is -2.66. The predicted octanol–water partition coefficient (Wildman–Crippen LogP) is 2.73. The molecule has 0 spiro atoms. The van der Waals surface area contributed by atoms with Crippen LogP contribution in [0.2, 0.25) is 0 Å². The Kier molecular flexibility index (Phi) is 4.62. The van der Waals surface area contributed by atoms with E-state index in [-0.39, 0.29) is 5.56 Å². The third-order valence-electron chi connectivity index (χ3n) is 4.13. The molecule has 0 saturated heterocycles. The molecule has 0 radical (unpaired) electrons. The van der Waals surface area contributed by atoms with E-state index >= 15 is 0 Å². The fourth-order valence-corrected chi connectivity index (χ4v) is 2.81. The second kappa shape index (κ2) is 6.84. The third-order valence-corrected chi connectivity index (χ3v) is 4.13. The van der Waals surface area contributed by atoms with Crippen molar-refractivity contribution in [3.8, 4) is 17.1 Å². The van der Waals surface area contributed by atoms with Crippen LogP contribution in [0.5, 0.6) is 5.75 Å². The summed E-state index contributed by atoms with van der Waals surface area (Å²) >= 11 is 0. The first kappa shape index (κ1) is 16.2. The molecule has 0 fully saturated rings. The Bertz CT molecular complexity index is 932. The van der Waals surface area contributed by atoms with Crippen LogP contribution in [0, 0.1) is 6.92 Å². The van der Waals surface area contributed by atoms with Crippen LogP contribution < -0.4 is 16.0 Å². The Morgan fingerprint density at radius 3 is 2.71 bits per heavy atom. The number of aryl methyl sites for hydroxylation is 1. The van der Waals surface area contributed by atoms with Crippen LogP contribution in [0.25, 0.3) is 22.3 Å². The maximum absolute atomic E-state index is 13.0. The number of rotatable bonds is 5. The van der Waals surface area contributed by atoms with E-state index in [1.54, 1.807) is 17.7 Å². The summed E-state index contributed by atoms with van der Waals surface area (Å²) in [7, 11) is 1.59. The van der Waals surface area contributed by atoms with Crippen LogP contribution in [0.1, 0.15) is 12.0 Å². The molecule has 0 aliphatic heterocycles. The van der Waals surface area contributed by atoms with Crippen molar-refractivity contribution in [2.75, 3.05) is 13.7 Å². The number of nitrogens with two attached hydrogens (primary N) is 1. The normalized spacial score (nSPS) is 11.0. The lowest BCUT2D eigenvalue weighted by Gasteiger charge is -2.15. The van der Waals surface area contributed by atoms with Crippen molar-refractivity contribution in [2.45, 2.75) is 19.9 Å². The summed E-state index contributed by atoms with van der Waals surface area (Å²) in [6.07, 6.45) is 0.718. The van der Waals surface area contributed by atoms with Crippen molar-refractivity contribution < 1.29 is 4.74 Å². The zero-order chi connectivity index (χ0) is 17.1.